The number of carbonyl (C=O) groups is 2. The van der Waals surface area contributed by atoms with Crippen LogP contribution in [0.15, 0.2) is 12.1 Å². The van der Waals surface area contributed by atoms with Crippen LogP contribution in [-0.4, -0.2) is 34.2 Å². The van der Waals surface area contributed by atoms with Crippen LogP contribution in [0.25, 0.3) is 0 Å². The second-order valence-corrected chi connectivity index (χ2v) is 6.97. The molecule has 2 aliphatic carbocycles. The summed E-state index contributed by atoms with van der Waals surface area (Å²) in [5, 5.41) is 12.2. The molecule has 0 saturated heterocycles. The SMILES string of the molecule is CCC(OC1CCCC1)C(=O)NCc1ccc(C(=O)O)c(C2CC2)n1. The first-order valence-electron chi connectivity index (χ1n) is 9.24. The van der Waals surface area contributed by atoms with Crippen LogP contribution in [0.5, 0.6) is 0 Å². The molecule has 2 N–H and O–H groups in total. The minimum absolute atomic E-state index is 0.119. The Morgan fingerprint density at radius 2 is 2.00 bits per heavy atom. The van der Waals surface area contributed by atoms with Gasteiger partial charge in [-0.05, 0) is 44.2 Å². The largest absolute Gasteiger partial charge is 0.478 e. The summed E-state index contributed by atoms with van der Waals surface area (Å²) in [6.45, 7) is 2.24. The van der Waals surface area contributed by atoms with Crippen LogP contribution in [0.4, 0.5) is 0 Å². The quantitative estimate of drug-likeness (QED) is 0.755. The monoisotopic (exact) mass is 346 g/mol. The Kier molecular flexibility index (Phi) is 5.68. The molecule has 0 aromatic carbocycles. The van der Waals surface area contributed by atoms with Crippen LogP contribution < -0.4 is 5.32 Å². The van der Waals surface area contributed by atoms with Crippen molar-refractivity contribution in [2.75, 3.05) is 0 Å². The highest BCUT2D eigenvalue weighted by Gasteiger charge is 2.30. The number of amides is 1. The third kappa shape index (κ3) is 4.57. The minimum atomic E-state index is -0.944. The standard InChI is InChI=1S/C19H26N2O4/c1-2-16(25-14-5-3-4-6-14)18(22)20-11-13-9-10-15(19(23)24)17(21-13)12-7-8-12/h9-10,12,14,16H,2-8,11H2,1H3,(H,20,22)(H,23,24). The number of rotatable bonds is 8. The molecular formula is C19H26N2O4. The van der Waals surface area contributed by atoms with Crippen molar-refractivity contribution in [3.63, 3.8) is 0 Å². The highest BCUT2D eigenvalue weighted by atomic mass is 16.5. The van der Waals surface area contributed by atoms with Crippen molar-refractivity contribution in [1.29, 1.82) is 0 Å². The van der Waals surface area contributed by atoms with Crippen molar-refractivity contribution in [3.05, 3.63) is 29.1 Å². The van der Waals surface area contributed by atoms with E-state index in [1.807, 2.05) is 6.92 Å². The Morgan fingerprint density at radius 1 is 1.28 bits per heavy atom. The summed E-state index contributed by atoms with van der Waals surface area (Å²) in [4.78, 5) is 28.2. The van der Waals surface area contributed by atoms with Crippen molar-refractivity contribution in [2.45, 2.75) is 76.5 Å². The van der Waals surface area contributed by atoms with Crippen LogP contribution in [0, 0.1) is 0 Å². The molecule has 2 aliphatic rings. The number of pyridine rings is 1. The van der Waals surface area contributed by atoms with Crippen LogP contribution in [0.3, 0.4) is 0 Å². The molecule has 1 atom stereocenters. The van der Waals surface area contributed by atoms with Gasteiger partial charge in [0, 0.05) is 5.92 Å². The van der Waals surface area contributed by atoms with E-state index in [4.69, 9.17) is 4.74 Å². The Morgan fingerprint density at radius 3 is 2.60 bits per heavy atom. The average Bonchev–Trinajstić information content (AvgIpc) is 3.33. The van der Waals surface area contributed by atoms with Gasteiger partial charge in [0.05, 0.1) is 29.6 Å². The number of carboxylic acid groups (broad SMARTS) is 1. The molecule has 1 amide bonds. The fraction of sp³-hybridized carbons (Fsp3) is 0.632. The summed E-state index contributed by atoms with van der Waals surface area (Å²) in [5.74, 6) is -0.816. The Bertz CT molecular complexity index is 636. The zero-order valence-corrected chi connectivity index (χ0v) is 14.7. The van der Waals surface area contributed by atoms with Gasteiger partial charge in [-0.25, -0.2) is 4.79 Å². The van der Waals surface area contributed by atoms with E-state index in [1.54, 1.807) is 12.1 Å². The number of nitrogens with one attached hydrogen (secondary N) is 1. The number of hydrogen-bond donors (Lipinski definition) is 2. The number of aromatic nitrogens is 1. The van der Waals surface area contributed by atoms with Gasteiger partial charge < -0.3 is 15.2 Å². The number of ether oxygens (including phenoxy) is 1. The maximum absolute atomic E-state index is 12.4. The zero-order chi connectivity index (χ0) is 17.8. The predicted octanol–water partition coefficient (Wildman–Crippen LogP) is 3.01. The number of carboxylic acids is 1. The number of carbonyl (C=O) groups excluding carboxylic acids is 1. The van der Waals surface area contributed by atoms with Crippen LogP contribution in [0.1, 0.15) is 79.5 Å². The van der Waals surface area contributed by atoms with Crippen LogP contribution in [-0.2, 0) is 16.1 Å². The van der Waals surface area contributed by atoms with E-state index >= 15 is 0 Å². The van der Waals surface area contributed by atoms with E-state index in [-0.39, 0.29) is 23.5 Å². The molecule has 1 aromatic rings. The normalized spacial score (nSPS) is 18.9. The highest BCUT2D eigenvalue weighted by Crippen LogP contribution is 2.40. The third-order valence-electron chi connectivity index (χ3n) is 4.94. The van der Waals surface area contributed by atoms with Gasteiger partial charge in [-0.3, -0.25) is 9.78 Å². The van der Waals surface area contributed by atoms with Crippen molar-refractivity contribution < 1.29 is 19.4 Å². The molecule has 0 spiro atoms. The van der Waals surface area contributed by atoms with Gasteiger partial charge in [-0.15, -0.1) is 0 Å². The lowest BCUT2D eigenvalue weighted by molar-refractivity contribution is -0.137. The molecule has 0 aliphatic heterocycles. The van der Waals surface area contributed by atoms with Gasteiger partial charge >= 0.3 is 5.97 Å². The van der Waals surface area contributed by atoms with Gasteiger partial charge in [0.25, 0.3) is 0 Å². The Hall–Kier alpha value is -1.95. The second-order valence-electron chi connectivity index (χ2n) is 6.97. The smallest absolute Gasteiger partial charge is 0.337 e. The van der Waals surface area contributed by atoms with E-state index in [0.717, 1.165) is 25.7 Å². The van der Waals surface area contributed by atoms with Crippen LogP contribution in [0.2, 0.25) is 0 Å². The van der Waals surface area contributed by atoms with E-state index in [1.165, 1.54) is 12.8 Å². The molecule has 1 aromatic heterocycles. The first-order valence-corrected chi connectivity index (χ1v) is 9.24. The maximum atomic E-state index is 12.4. The molecule has 6 heteroatoms. The molecular weight excluding hydrogens is 320 g/mol. The minimum Gasteiger partial charge on any atom is -0.478 e. The summed E-state index contributed by atoms with van der Waals surface area (Å²) >= 11 is 0. The first kappa shape index (κ1) is 17.9. The Labute approximate surface area is 148 Å². The molecule has 25 heavy (non-hydrogen) atoms. The van der Waals surface area contributed by atoms with Gasteiger partial charge in [0.2, 0.25) is 5.91 Å². The molecule has 2 saturated carbocycles. The lowest BCUT2D eigenvalue weighted by Gasteiger charge is -2.20. The fourth-order valence-corrected chi connectivity index (χ4v) is 3.36. The lowest BCUT2D eigenvalue weighted by Crippen LogP contribution is -2.37. The predicted molar refractivity (Wildman–Crippen MR) is 92.4 cm³/mol. The molecule has 6 nitrogen and oxygen atoms in total. The van der Waals surface area contributed by atoms with Gasteiger partial charge in [-0.1, -0.05) is 19.8 Å². The van der Waals surface area contributed by atoms with E-state index < -0.39 is 12.1 Å². The fourth-order valence-electron chi connectivity index (χ4n) is 3.36. The van der Waals surface area contributed by atoms with E-state index in [0.29, 0.717) is 24.4 Å². The molecule has 136 valence electrons. The van der Waals surface area contributed by atoms with Crippen molar-refractivity contribution >= 4 is 11.9 Å². The summed E-state index contributed by atoms with van der Waals surface area (Å²) < 4.78 is 5.92. The second kappa shape index (κ2) is 7.95. The number of aromatic carboxylic acids is 1. The van der Waals surface area contributed by atoms with E-state index in [9.17, 15) is 14.7 Å². The molecule has 0 bridgehead atoms. The van der Waals surface area contributed by atoms with E-state index in [2.05, 4.69) is 10.3 Å². The summed E-state index contributed by atoms with van der Waals surface area (Å²) in [6, 6.07) is 3.27. The highest BCUT2D eigenvalue weighted by molar-refractivity contribution is 5.89. The Balaban J connectivity index is 1.59. The third-order valence-corrected chi connectivity index (χ3v) is 4.94. The number of nitrogens with zero attached hydrogens (tertiary/aromatic N) is 1. The van der Waals surface area contributed by atoms with Gasteiger partial charge in [-0.2, -0.15) is 0 Å². The summed E-state index contributed by atoms with van der Waals surface area (Å²) in [7, 11) is 0. The molecule has 1 unspecified atom stereocenters. The summed E-state index contributed by atoms with van der Waals surface area (Å²) in [6.07, 6.45) is 6.79. The number of hydrogen-bond acceptors (Lipinski definition) is 4. The molecule has 3 rings (SSSR count). The van der Waals surface area contributed by atoms with Gasteiger partial charge in [0.1, 0.15) is 6.10 Å². The first-order chi connectivity index (χ1) is 12.1. The topological polar surface area (TPSA) is 88.5 Å². The summed E-state index contributed by atoms with van der Waals surface area (Å²) in [5.41, 5.74) is 1.61. The molecule has 2 fully saturated rings. The van der Waals surface area contributed by atoms with Crippen LogP contribution >= 0.6 is 0 Å². The molecule has 1 heterocycles. The van der Waals surface area contributed by atoms with Crippen molar-refractivity contribution in [3.8, 4) is 0 Å². The van der Waals surface area contributed by atoms with Crippen molar-refractivity contribution in [2.24, 2.45) is 0 Å². The lowest BCUT2D eigenvalue weighted by atomic mass is 10.1. The zero-order valence-electron chi connectivity index (χ0n) is 14.7. The van der Waals surface area contributed by atoms with Crippen molar-refractivity contribution in [1.82, 2.24) is 10.3 Å². The molecule has 0 radical (unpaired) electrons. The van der Waals surface area contributed by atoms with Gasteiger partial charge in [0.15, 0.2) is 0 Å². The average molecular weight is 346 g/mol. The maximum Gasteiger partial charge on any atom is 0.337 e.